The molecule has 0 radical (unpaired) electrons. The molecule has 0 unspecified atom stereocenters. The Balaban J connectivity index is 1.47. The second-order valence-electron chi connectivity index (χ2n) is 7.89. The van der Waals surface area contributed by atoms with E-state index < -0.39 is 0 Å². The van der Waals surface area contributed by atoms with E-state index in [0.29, 0.717) is 11.4 Å². The van der Waals surface area contributed by atoms with Crippen molar-refractivity contribution in [3.05, 3.63) is 109 Å². The van der Waals surface area contributed by atoms with Gasteiger partial charge < -0.3 is 4.57 Å². The van der Waals surface area contributed by atoms with E-state index in [4.69, 9.17) is 0 Å². The number of thioether (sulfide) groups is 1. The van der Waals surface area contributed by atoms with Gasteiger partial charge in [-0.1, -0.05) is 56.1 Å². The van der Waals surface area contributed by atoms with Crippen LogP contribution in [0.25, 0.3) is 17.0 Å². The van der Waals surface area contributed by atoms with Crippen LogP contribution in [0, 0.1) is 5.82 Å². The van der Waals surface area contributed by atoms with Gasteiger partial charge in [-0.25, -0.2) is 4.39 Å². The summed E-state index contributed by atoms with van der Waals surface area (Å²) in [7, 11) is 0. The number of imide groups is 1. The molecular weight excluding hydrogens is 583 g/mol. The lowest BCUT2D eigenvalue weighted by atomic mass is 10.1. The largest absolute Gasteiger partial charge is 0.342 e. The standard InChI is InChI=1S/C26H17Br2FN2O2S/c27-19-5-1-17(2-6-19)14-31-25(32)24(34-26(31)33)11-18-15-30(13-16-3-8-21(29)9-4-16)23-10-7-20(28)12-22(18)23/h1-12,15H,13-14H2/b24-11-. The third-order valence-corrected chi connectivity index (χ3v) is 7.48. The van der Waals surface area contributed by atoms with E-state index in [1.165, 1.54) is 17.0 Å². The van der Waals surface area contributed by atoms with Crippen LogP contribution >= 0.6 is 43.6 Å². The van der Waals surface area contributed by atoms with Crippen molar-refractivity contribution in [3.63, 3.8) is 0 Å². The van der Waals surface area contributed by atoms with Crippen LogP contribution in [0.3, 0.4) is 0 Å². The average Bonchev–Trinajstić information content (AvgIpc) is 3.28. The second kappa shape index (κ2) is 9.52. The summed E-state index contributed by atoms with van der Waals surface area (Å²) >= 11 is 7.88. The third kappa shape index (κ3) is 4.76. The summed E-state index contributed by atoms with van der Waals surface area (Å²) < 4.78 is 17.2. The molecule has 0 atom stereocenters. The lowest BCUT2D eigenvalue weighted by molar-refractivity contribution is -0.123. The van der Waals surface area contributed by atoms with Crippen LogP contribution in [0.2, 0.25) is 0 Å². The van der Waals surface area contributed by atoms with Gasteiger partial charge in [-0.2, -0.15) is 0 Å². The number of halogens is 3. The number of fused-ring (bicyclic) bond motifs is 1. The lowest BCUT2D eigenvalue weighted by Crippen LogP contribution is -2.27. The molecule has 4 aromatic rings. The van der Waals surface area contributed by atoms with Gasteiger partial charge in [0, 0.05) is 38.2 Å². The van der Waals surface area contributed by atoms with E-state index in [9.17, 15) is 14.0 Å². The van der Waals surface area contributed by atoms with Crippen molar-refractivity contribution in [2.45, 2.75) is 13.1 Å². The van der Waals surface area contributed by atoms with Gasteiger partial charge in [0.05, 0.1) is 11.4 Å². The summed E-state index contributed by atoms with van der Waals surface area (Å²) in [5.74, 6) is -0.572. The van der Waals surface area contributed by atoms with E-state index in [1.807, 2.05) is 48.7 Å². The highest BCUT2D eigenvalue weighted by Crippen LogP contribution is 2.36. The molecule has 1 saturated heterocycles. The molecule has 0 aliphatic carbocycles. The predicted molar refractivity (Wildman–Crippen MR) is 141 cm³/mol. The van der Waals surface area contributed by atoms with Gasteiger partial charge in [-0.3, -0.25) is 14.5 Å². The number of benzene rings is 3. The van der Waals surface area contributed by atoms with Gasteiger partial charge in [0.15, 0.2) is 0 Å². The smallest absolute Gasteiger partial charge is 0.293 e. The van der Waals surface area contributed by atoms with Crippen LogP contribution in [-0.4, -0.2) is 20.6 Å². The summed E-state index contributed by atoms with van der Waals surface area (Å²) in [5, 5.41) is 0.673. The Morgan fingerprint density at radius 1 is 0.853 bits per heavy atom. The van der Waals surface area contributed by atoms with Crippen molar-refractivity contribution >= 4 is 71.7 Å². The van der Waals surface area contributed by atoms with Gasteiger partial charge in [-0.05, 0) is 71.4 Å². The monoisotopic (exact) mass is 598 g/mol. The first kappa shape index (κ1) is 23.1. The number of carbonyl (C=O) groups excluding carboxylic acids is 2. The highest BCUT2D eigenvalue weighted by atomic mass is 79.9. The fourth-order valence-electron chi connectivity index (χ4n) is 3.88. The molecule has 0 N–H and O–H groups in total. The fourth-order valence-corrected chi connectivity index (χ4v) is 5.33. The number of rotatable bonds is 5. The summed E-state index contributed by atoms with van der Waals surface area (Å²) in [6, 6.07) is 19.9. The molecule has 170 valence electrons. The first-order valence-electron chi connectivity index (χ1n) is 10.4. The summed E-state index contributed by atoms with van der Waals surface area (Å²) in [5.41, 5.74) is 3.66. The zero-order chi connectivity index (χ0) is 23.8. The maximum atomic E-state index is 13.3. The van der Waals surface area contributed by atoms with Crippen LogP contribution in [0.15, 0.2) is 86.8 Å². The molecule has 2 amide bonds. The Labute approximate surface area is 216 Å². The predicted octanol–water partition coefficient (Wildman–Crippen LogP) is 7.59. The molecule has 0 saturated carbocycles. The van der Waals surface area contributed by atoms with E-state index in [-0.39, 0.29) is 23.5 Å². The first-order chi connectivity index (χ1) is 16.4. The molecule has 1 fully saturated rings. The Hall–Kier alpha value is -2.68. The lowest BCUT2D eigenvalue weighted by Gasteiger charge is -2.12. The Bertz CT molecular complexity index is 1450. The normalized spacial score (nSPS) is 15.1. The highest BCUT2D eigenvalue weighted by molar-refractivity contribution is 9.10. The Morgan fingerprint density at radius 2 is 1.50 bits per heavy atom. The van der Waals surface area contributed by atoms with E-state index in [1.54, 1.807) is 18.2 Å². The molecule has 34 heavy (non-hydrogen) atoms. The number of hydrogen-bond donors (Lipinski definition) is 0. The van der Waals surface area contributed by atoms with Gasteiger partial charge >= 0.3 is 0 Å². The van der Waals surface area contributed by atoms with Crippen molar-refractivity contribution in [3.8, 4) is 0 Å². The van der Waals surface area contributed by atoms with Crippen LogP contribution < -0.4 is 0 Å². The zero-order valence-corrected chi connectivity index (χ0v) is 21.7. The summed E-state index contributed by atoms with van der Waals surface area (Å²) in [4.78, 5) is 27.4. The van der Waals surface area contributed by atoms with Gasteiger partial charge in [0.1, 0.15) is 5.82 Å². The molecule has 2 heterocycles. The van der Waals surface area contributed by atoms with Gasteiger partial charge in [0.2, 0.25) is 0 Å². The molecule has 1 aliphatic rings. The minimum absolute atomic E-state index is 0.229. The molecule has 3 aromatic carbocycles. The topological polar surface area (TPSA) is 42.3 Å². The third-order valence-electron chi connectivity index (χ3n) is 5.55. The average molecular weight is 600 g/mol. The van der Waals surface area contributed by atoms with E-state index >= 15 is 0 Å². The minimum Gasteiger partial charge on any atom is -0.342 e. The molecule has 1 aliphatic heterocycles. The molecule has 0 spiro atoms. The second-order valence-corrected chi connectivity index (χ2v) is 10.7. The maximum absolute atomic E-state index is 13.3. The maximum Gasteiger partial charge on any atom is 0.293 e. The van der Waals surface area contributed by atoms with E-state index in [0.717, 1.165) is 48.3 Å². The van der Waals surface area contributed by atoms with Crippen molar-refractivity contribution in [1.29, 1.82) is 0 Å². The fraction of sp³-hybridized carbons (Fsp3) is 0.0769. The summed E-state index contributed by atoms with van der Waals surface area (Å²) in [6.45, 7) is 0.782. The van der Waals surface area contributed by atoms with Gasteiger partial charge in [-0.15, -0.1) is 0 Å². The Kier molecular flexibility index (Phi) is 6.46. The van der Waals surface area contributed by atoms with E-state index in [2.05, 4.69) is 36.4 Å². The molecule has 1 aromatic heterocycles. The molecule has 4 nitrogen and oxygen atoms in total. The highest BCUT2D eigenvalue weighted by Gasteiger charge is 2.35. The summed E-state index contributed by atoms with van der Waals surface area (Å²) in [6.07, 6.45) is 3.74. The number of carbonyl (C=O) groups is 2. The van der Waals surface area contributed by atoms with Crippen LogP contribution in [0.4, 0.5) is 9.18 Å². The van der Waals surface area contributed by atoms with Crippen molar-refractivity contribution in [1.82, 2.24) is 9.47 Å². The molecular formula is C26H17Br2FN2O2S. The SMILES string of the molecule is O=C1S/C(=C\c2cn(Cc3ccc(F)cc3)c3ccc(Br)cc23)C(=O)N1Cc1ccc(Br)cc1. The molecule has 5 rings (SSSR count). The molecule has 8 heteroatoms. The first-order valence-corrected chi connectivity index (χ1v) is 12.8. The number of aromatic nitrogens is 1. The van der Waals surface area contributed by atoms with Crippen molar-refractivity contribution in [2.24, 2.45) is 0 Å². The minimum atomic E-state index is -0.299. The van der Waals surface area contributed by atoms with Crippen LogP contribution in [-0.2, 0) is 17.9 Å². The van der Waals surface area contributed by atoms with Crippen molar-refractivity contribution < 1.29 is 14.0 Å². The zero-order valence-electron chi connectivity index (χ0n) is 17.7. The number of amides is 2. The van der Waals surface area contributed by atoms with Crippen LogP contribution in [0.1, 0.15) is 16.7 Å². The Morgan fingerprint density at radius 3 is 2.24 bits per heavy atom. The quantitative estimate of drug-likeness (QED) is 0.222. The van der Waals surface area contributed by atoms with Crippen molar-refractivity contribution in [2.75, 3.05) is 0 Å². The number of nitrogens with zero attached hydrogens (tertiary/aromatic N) is 2. The molecule has 0 bridgehead atoms. The number of hydrogen-bond acceptors (Lipinski definition) is 3. The van der Waals surface area contributed by atoms with Crippen LogP contribution in [0.5, 0.6) is 0 Å². The van der Waals surface area contributed by atoms with Gasteiger partial charge in [0.25, 0.3) is 11.1 Å².